The Labute approximate surface area is 208 Å². The SMILES string of the molecule is COc1cc(OC(F)(F)F)ccc1Oc1cc(C2(C)CC2)ncc1C(=O)Nc1ccc(F)c(C(N)=O)c1. The summed E-state index contributed by atoms with van der Waals surface area (Å²) in [5.74, 6) is -3.08. The number of rotatable bonds is 8. The normalized spacial score (nSPS) is 14.0. The van der Waals surface area contributed by atoms with E-state index in [1.165, 1.54) is 25.4 Å². The lowest BCUT2D eigenvalue weighted by Crippen LogP contribution is -2.17. The second kappa shape index (κ2) is 9.60. The molecule has 1 heterocycles. The number of nitrogens with zero attached hydrogens (tertiary/aromatic N) is 1. The van der Waals surface area contributed by atoms with E-state index in [0.29, 0.717) is 5.69 Å². The largest absolute Gasteiger partial charge is 0.573 e. The van der Waals surface area contributed by atoms with E-state index >= 15 is 0 Å². The fraction of sp³-hybridized carbons (Fsp3) is 0.240. The van der Waals surface area contributed by atoms with E-state index in [-0.39, 0.29) is 33.9 Å². The maximum Gasteiger partial charge on any atom is 0.573 e. The number of hydrogen-bond acceptors (Lipinski definition) is 6. The van der Waals surface area contributed by atoms with Crippen LogP contribution in [0, 0.1) is 5.82 Å². The molecule has 3 N–H and O–H groups in total. The number of hydrogen-bond donors (Lipinski definition) is 2. The number of alkyl halides is 3. The highest BCUT2D eigenvalue weighted by Gasteiger charge is 2.41. The van der Waals surface area contributed by atoms with Crippen molar-refractivity contribution < 1.29 is 41.4 Å². The number of aromatic nitrogens is 1. The Bertz CT molecular complexity index is 1370. The molecule has 1 saturated carbocycles. The number of primary amides is 1. The molecule has 1 aliphatic carbocycles. The number of methoxy groups -OCH3 is 1. The minimum absolute atomic E-state index is 0.0157. The van der Waals surface area contributed by atoms with Gasteiger partial charge in [-0.05, 0) is 43.2 Å². The molecule has 1 aromatic heterocycles. The summed E-state index contributed by atoms with van der Waals surface area (Å²) in [5, 5.41) is 2.53. The second-order valence-corrected chi connectivity index (χ2v) is 8.60. The van der Waals surface area contributed by atoms with Gasteiger partial charge in [-0.2, -0.15) is 0 Å². The average Bonchev–Trinajstić information content (AvgIpc) is 3.58. The van der Waals surface area contributed by atoms with Crippen molar-refractivity contribution in [1.82, 2.24) is 4.98 Å². The minimum Gasteiger partial charge on any atom is -0.493 e. The topological polar surface area (TPSA) is 113 Å². The molecule has 0 aliphatic heterocycles. The summed E-state index contributed by atoms with van der Waals surface area (Å²) >= 11 is 0. The molecule has 12 heteroatoms. The van der Waals surface area contributed by atoms with E-state index in [0.717, 1.165) is 37.1 Å². The summed E-state index contributed by atoms with van der Waals surface area (Å²) in [6.45, 7) is 1.99. The van der Waals surface area contributed by atoms with Crippen LogP contribution in [0.25, 0.3) is 0 Å². The summed E-state index contributed by atoms with van der Waals surface area (Å²) in [5.41, 5.74) is 5.28. The number of halogens is 4. The van der Waals surface area contributed by atoms with Gasteiger partial charge in [0.25, 0.3) is 11.8 Å². The number of amides is 2. The molecule has 0 saturated heterocycles. The summed E-state index contributed by atoms with van der Waals surface area (Å²) in [7, 11) is 1.24. The zero-order valence-corrected chi connectivity index (χ0v) is 19.6. The van der Waals surface area contributed by atoms with Gasteiger partial charge in [-0.3, -0.25) is 14.6 Å². The lowest BCUT2D eigenvalue weighted by Gasteiger charge is -2.17. The third kappa shape index (κ3) is 5.90. The number of benzene rings is 2. The third-order valence-corrected chi connectivity index (χ3v) is 5.81. The van der Waals surface area contributed by atoms with Crippen molar-refractivity contribution in [2.24, 2.45) is 5.73 Å². The molecular formula is C25H21F4N3O5. The lowest BCUT2D eigenvalue weighted by atomic mass is 10.0. The zero-order valence-electron chi connectivity index (χ0n) is 19.6. The molecule has 3 aromatic rings. The molecule has 0 atom stereocenters. The van der Waals surface area contributed by atoms with Crippen LogP contribution in [-0.2, 0) is 5.41 Å². The van der Waals surface area contributed by atoms with Crippen LogP contribution in [0.2, 0.25) is 0 Å². The van der Waals surface area contributed by atoms with Gasteiger partial charge in [0.15, 0.2) is 11.5 Å². The maximum atomic E-state index is 13.8. The van der Waals surface area contributed by atoms with E-state index in [1.807, 2.05) is 6.92 Å². The molecule has 0 unspecified atom stereocenters. The fourth-order valence-corrected chi connectivity index (χ4v) is 3.50. The Kier molecular flexibility index (Phi) is 6.68. The molecule has 0 spiro atoms. The van der Waals surface area contributed by atoms with Gasteiger partial charge in [0.1, 0.15) is 22.9 Å². The van der Waals surface area contributed by atoms with Gasteiger partial charge in [0.05, 0.1) is 12.7 Å². The van der Waals surface area contributed by atoms with E-state index in [4.69, 9.17) is 15.2 Å². The van der Waals surface area contributed by atoms with Crippen molar-refractivity contribution in [1.29, 1.82) is 0 Å². The smallest absolute Gasteiger partial charge is 0.493 e. The molecule has 8 nitrogen and oxygen atoms in total. The first kappa shape index (κ1) is 25.7. The third-order valence-electron chi connectivity index (χ3n) is 5.81. The standard InChI is InChI=1S/C25H21F4N3O5/c1-24(7-8-24)21-11-19(36-18-6-4-14(10-20(18)35-2)37-25(27,28)29)16(12-31-21)23(34)32-13-3-5-17(26)15(9-13)22(30)33/h3-6,9-12H,7-8H2,1-2H3,(H2,30,33)(H,32,34). The van der Waals surface area contributed by atoms with Crippen LogP contribution in [0.4, 0.5) is 23.2 Å². The first-order valence-corrected chi connectivity index (χ1v) is 10.9. The van der Waals surface area contributed by atoms with E-state index in [2.05, 4.69) is 15.0 Å². The van der Waals surface area contributed by atoms with Crippen molar-refractivity contribution in [3.63, 3.8) is 0 Å². The van der Waals surface area contributed by atoms with Gasteiger partial charge in [0.2, 0.25) is 0 Å². The number of anilines is 1. The zero-order chi connectivity index (χ0) is 27.0. The summed E-state index contributed by atoms with van der Waals surface area (Å²) < 4.78 is 66.6. The van der Waals surface area contributed by atoms with Crippen LogP contribution in [0.15, 0.2) is 48.7 Å². The van der Waals surface area contributed by atoms with Crippen LogP contribution in [0.1, 0.15) is 46.2 Å². The predicted molar refractivity (Wildman–Crippen MR) is 123 cm³/mol. The molecule has 194 valence electrons. The minimum atomic E-state index is -4.90. The van der Waals surface area contributed by atoms with Gasteiger partial charge in [0, 0.05) is 35.1 Å². The second-order valence-electron chi connectivity index (χ2n) is 8.60. The molecule has 4 rings (SSSR count). The van der Waals surface area contributed by atoms with Crippen LogP contribution in [0.3, 0.4) is 0 Å². The Balaban J connectivity index is 1.68. The number of carbonyl (C=O) groups excluding carboxylic acids is 2. The van der Waals surface area contributed by atoms with Crippen molar-refractivity contribution in [3.8, 4) is 23.0 Å². The highest BCUT2D eigenvalue weighted by atomic mass is 19.4. The van der Waals surface area contributed by atoms with Crippen molar-refractivity contribution >= 4 is 17.5 Å². The van der Waals surface area contributed by atoms with Gasteiger partial charge in [-0.15, -0.1) is 13.2 Å². The summed E-state index contributed by atoms with van der Waals surface area (Å²) in [6, 6.07) is 8.13. The highest BCUT2D eigenvalue weighted by molar-refractivity contribution is 6.06. The number of nitrogens with two attached hydrogens (primary N) is 1. The quantitative estimate of drug-likeness (QED) is 0.390. The molecular weight excluding hydrogens is 498 g/mol. The Hall–Kier alpha value is -4.35. The molecule has 1 fully saturated rings. The van der Waals surface area contributed by atoms with E-state index < -0.39 is 35.3 Å². The summed E-state index contributed by atoms with van der Waals surface area (Å²) in [4.78, 5) is 28.9. The van der Waals surface area contributed by atoms with Crippen molar-refractivity contribution in [3.05, 3.63) is 71.3 Å². The van der Waals surface area contributed by atoms with E-state index in [9.17, 15) is 27.2 Å². The Morgan fingerprint density at radius 2 is 1.76 bits per heavy atom. The highest BCUT2D eigenvalue weighted by Crippen LogP contribution is 2.48. The number of pyridine rings is 1. The molecule has 0 radical (unpaired) electrons. The fourth-order valence-electron chi connectivity index (χ4n) is 3.50. The van der Waals surface area contributed by atoms with Crippen LogP contribution in [-0.4, -0.2) is 30.3 Å². The Morgan fingerprint density at radius 1 is 1.03 bits per heavy atom. The first-order valence-electron chi connectivity index (χ1n) is 10.9. The van der Waals surface area contributed by atoms with Crippen molar-refractivity contribution in [2.75, 3.05) is 12.4 Å². The van der Waals surface area contributed by atoms with Crippen LogP contribution in [0.5, 0.6) is 23.0 Å². The lowest BCUT2D eigenvalue weighted by molar-refractivity contribution is -0.274. The average molecular weight is 519 g/mol. The van der Waals surface area contributed by atoms with E-state index in [1.54, 1.807) is 6.07 Å². The maximum absolute atomic E-state index is 13.8. The van der Waals surface area contributed by atoms with Gasteiger partial charge in [-0.1, -0.05) is 6.92 Å². The predicted octanol–water partition coefficient (Wildman–Crippen LogP) is 5.32. The number of ether oxygens (including phenoxy) is 3. The van der Waals surface area contributed by atoms with Crippen LogP contribution >= 0.6 is 0 Å². The molecule has 2 amide bonds. The molecule has 37 heavy (non-hydrogen) atoms. The van der Waals surface area contributed by atoms with Crippen LogP contribution < -0.4 is 25.3 Å². The van der Waals surface area contributed by atoms with Gasteiger partial charge >= 0.3 is 6.36 Å². The van der Waals surface area contributed by atoms with Crippen molar-refractivity contribution in [2.45, 2.75) is 31.5 Å². The number of carbonyl (C=O) groups is 2. The summed E-state index contributed by atoms with van der Waals surface area (Å²) in [6.07, 6.45) is -1.84. The monoisotopic (exact) mass is 519 g/mol. The molecule has 1 aliphatic rings. The molecule has 0 bridgehead atoms. The Morgan fingerprint density at radius 3 is 2.38 bits per heavy atom. The van der Waals surface area contributed by atoms with Gasteiger partial charge in [-0.25, -0.2) is 4.39 Å². The number of nitrogens with one attached hydrogen (secondary N) is 1. The van der Waals surface area contributed by atoms with Gasteiger partial charge < -0.3 is 25.3 Å². The molecule has 2 aromatic carbocycles. The first-order chi connectivity index (χ1) is 17.4.